The molecule has 1 aliphatic rings. The van der Waals surface area contributed by atoms with Gasteiger partial charge < -0.3 is 9.52 Å². The van der Waals surface area contributed by atoms with Crippen LogP contribution < -0.4 is 4.31 Å². The number of sulfonamides is 1. The summed E-state index contributed by atoms with van der Waals surface area (Å²) in [6.45, 7) is 1.71. The van der Waals surface area contributed by atoms with Gasteiger partial charge in [-0.25, -0.2) is 8.42 Å². The number of para-hydroxylation sites is 1. The Labute approximate surface area is 117 Å². The van der Waals surface area contributed by atoms with Crippen LogP contribution >= 0.6 is 0 Å². The lowest BCUT2D eigenvalue weighted by Gasteiger charge is -2.18. The maximum absolute atomic E-state index is 12.7. The molecule has 1 aromatic carbocycles. The van der Waals surface area contributed by atoms with E-state index in [1.165, 1.54) is 10.4 Å². The fraction of sp³-hybridized carbons (Fsp3) is 0.286. The molecule has 0 saturated heterocycles. The molecule has 0 saturated carbocycles. The van der Waals surface area contributed by atoms with Crippen LogP contribution in [0, 0.1) is 6.92 Å². The Bertz CT molecular complexity index is 748. The molecule has 3 rings (SSSR count). The number of furan rings is 1. The maximum atomic E-state index is 12.7. The van der Waals surface area contributed by atoms with Crippen molar-refractivity contribution in [1.29, 1.82) is 0 Å². The average Bonchev–Trinajstić information content (AvgIpc) is 3.02. The van der Waals surface area contributed by atoms with Gasteiger partial charge in [-0.05, 0) is 25.0 Å². The van der Waals surface area contributed by atoms with Gasteiger partial charge in [0.2, 0.25) is 0 Å². The van der Waals surface area contributed by atoms with Crippen LogP contribution in [0.3, 0.4) is 0 Å². The lowest BCUT2D eigenvalue weighted by Crippen LogP contribution is -2.29. The molecule has 6 heteroatoms. The van der Waals surface area contributed by atoms with E-state index in [1.807, 2.05) is 24.3 Å². The van der Waals surface area contributed by atoms with Crippen LogP contribution in [0.2, 0.25) is 0 Å². The summed E-state index contributed by atoms with van der Waals surface area (Å²) in [7, 11) is -3.64. The number of benzene rings is 1. The summed E-state index contributed by atoms with van der Waals surface area (Å²) in [6.07, 6.45) is 0.707. The zero-order chi connectivity index (χ0) is 14.3. The van der Waals surface area contributed by atoms with Crippen molar-refractivity contribution in [2.24, 2.45) is 0 Å². The standard InChI is InChI=1S/C14H15NO4S/c1-10-14(8-12(9-16)19-10)20(17,18)15-7-6-11-4-2-3-5-13(11)15/h2-5,8,16H,6-7,9H2,1H3. The van der Waals surface area contributed by atoms with Crippen molar-refractivity contribution >= 4 is 15.7 Å². The van der Waals surface area contributed by atoms with E-state index in [0.29, 0.717) is 18.7 Å². The van der Waals surface area contributed by atoms with Crippen LogP contribution in [-0.4, -0.2) is 20.1 Å². The molecule has 0 unspecified atom stereocenters. The highest BCUT2D eigenvalue weighted by Gasteiger charge is 2.33. The lowest BCUT2D eigenvalue weighted by atomic mass is 10.2. The van der Waals surface area contributed by atoms with Crippen molar-refractivity contribution in [3.05, 3.63) is 47.4 Å². The fourth-order valence-electron chi connectivity index (χ4n) is 2.53. The Morgan fingerprint density at radius 3 is 2.80 bits per heavy atom. The topological polar surface area (TPSA) is 70.8 Å². The number of aryl methyl sites for hydroxylation is 1. The fourth-order valence-corrected chi connectivity index (χ4v) is 4.23. The highest BCUT2D eigenvalue weighted by molar-refractivity contribution is 7.92. The predicted octanol–water partition coefficient (Wildman–Crippen LogP) is 1.83. The van der Waals surface area contributed by atoms with Crippen LogP contribution in [0.5, 0.6) is 0 Å². The summed E-state index contributed by atoms with van der Waals surface area (Å²) in [5.74, 6) is 0.562. The molecule has 1 aromatic heterocycles. The Balaban J connectivity index is 2.07. The van der Waals surface area contributed by atoms with E-state index in [9.17, 15) is 8.42 Å². The second kappa shape index (κ2) is 4.64. The Kier molecular flexibility index (Phi) is 3.07. The van der Waals surface area contributed by atoms with Crippen LogP contribution in [-0.2, 0) is 23.1 Å². The van der Waals surface area contributed by atoms with Crippen LogP contribution in [0.25, 0.3) is 0 Å². The van der Waals surface area contributed by atoms with Gasteiger partial charge in [0.1, 0.15) is 23.0 Å². The molecule has 2 heterocycles. The molecule has 0 atom stereocenters. The first kappa shape index (κ1) is 13.2. The van der Waals surface area contributed by atoms with Crippen LogP contribution in [0.1, 0.15) is 17.1 Å². The van der Waals surface area contributed by atoms with Gasteiger partial charge in [-0.1, -0.05) is 18.2 Å². The highest BCUT2D eigenvalue weighted by Crippen LogP contribution is 2.34. The number of rotatable bonds is 3. The second-order valence-electron chi connectivity index (χ2n) is 4.75. The van der Waals surface area contributed by atoms with Crippen molar-refractivity contribution in [1.82, 2.24) is 0 Å². The molecule has 1 aliphatic heterocycles. The number of anilines is 1. The highest BCUT2D eigenvalue weighted by atomic mass is 32.2. The van der Waals surface area contributed by atoms with Crippen LogP contribution in [0.4, 0.5) is 5.69 Å². The summed E-state index contributed by atoms with van der Waals surface area (Å²) in [6, 6.07) is 8.87. The average molecular weight is 293 g/mol. The second-order valence-corrected chi connectivity index (χ2v) is 6.58. The minimum atomic E-state index is -3.64. The van der Waals surface area contributed by atoms with Gasteiger partial charge in [0.25, 0.3) is 10.0 Å². The maximum Gasteiger partial charge on any atom is 0.267 e. The Morgan fingerprint density at radius 1 is 1.35 bits per heavy atom. The molecule has 5 nitrogen and oxygen atoms in total. The Hall–Kier alpha value is -1.79. The number of aliphatic hydroxyl groups excluding tert-OH is 1. The molecule has 20 heavy (non-hydrogen) atoms. The van der Waals surface area contributed by atoms with E-state index in [0.717, 1.165) is 11.3 Å². The van der Waals surface area contributed by atoms with E-state index >= 15 is 0 Å². The molecular formula is C14H15NO4S. The zero-order valence-electron chi connectivity index (χ0n) is 11.0. The minimum Gasteiger partial charge on any atom is -0.462 e. The molecule has 0 radical (unpaired) electrons. The summed E-state index contributed by atoms with van der Waals surface area (Å²) < 4.78 is 32.1. The third kappa shape index (κ3) is 1.92. The van der Waals surface area contributed by atoms with Crippen molar-refractivity contribution in [3.63, 3.8) is 0 Å². The first-order valence-electron chi connectivity index (χ1n) is 6.35. The minimum absolute atomic E-state index is 0.123. The van der Waals surface area contributed by atoms with E-state index in [1.54, 1.807) is 6.92 Å². The number of fused-ring (bicyclic) bond motifs is 1. The third-order valence-corrected chi connectivity index (χ3v) is 5.41. The third-order valence-electron chi connectivity index (χ3n) is 3.49. The molecule has 2 aromatic rings. The zero-order valence-corrected chi connectivity index (χ0v) is 11.9. The largest absolute Gasteiger partial charge is 0.462 e. The monoisotopic (exact) mass is 293 g/mol. The molecular weight excluding hydrogens is 278 g/mol. The SMILES string of the molecule is Cc1oc(CO)cc1S(=O)(=O)N1CCc2ccccc21. The molecule has 106 valence electrons. The summed E-state index contributed by atoms with van der Waals surface area (Å²) >= 11 is 0. The van der Waals surface area contributed by atoms with Gasteiger partial charge in [0.15, 0.2) is 0 Å². The summed E-state index contributed by atoms with van der Waals surface area (Å²) in [5.41, 5.74) is 1.75. The van der Waals surface area contributed by atoms with E-state index in [2.05, 4.69) is 0 Å². The normalized spacial score (nSPS) is 14.6. The lowest BCUT2D eigenvalue weighted by molar-refractivity contribution is 0.244. The van der Waals surface area contributed by atoms with Crippen molar-refractivity contribution in [3.8, 4) is 0 Å². The number of aliphatic hydroxyl groups is 1. The summed E-state index contributed by atoms with van der Waals surface area (Å²) in [5, 5.41) is 9.06. The van der Waals surface area contributed by atoms with E-state index in [4.69, 9.17) is 9.52 Å². The number of hydrogen-bond donors (Lipinski definition) is 1. The predicted molar refractivity (Wildman–Crippen MR) is 74.0 cm³/mol. The van der Waals surface area contributed by atoms with Crippen molar-refractivity contribution < 1.29 is 17.9 Å². The molecule has 0 fully saturated rings. The van der Waals surface area contributed by atoms with E-state index in [-0.39, 0.29) is 17.3 Å². The first-order chi connectivity index (χ1) is 9.54. The molecule has 0 amide bonds. The van der Waals surface area contributed by atoms with Gasteiger partial charge in [0.05, 0.1) is 5.69 Å². The summed E-state index contributed by atoms with van der Waals surface area (Å²) in [4.78, 5) is 0.123. The van der Waals surface area contributed by atoms with Crippen molar-refractivity contribution in [2.75, 3.05) is 10.8 Å². The molecule has 0 aliphatic carbocycles. The first-order valence-corrected chi connectivity index (χ1v) is 7.79. The molecule has 0 spiro atoms. The van der Waals surface area contributed by atoms with Gasteiger partial charge in [-0.15, -0.1) is 0 Å². The van der Waals surface area contributed by atoms with Gasteiger partial charge in [-0.2, -0.15) is 0 Å². The molecule has 1 N–H and O–H groups in total. The smallest absolute Gasteiger partial charge is 0.267 e. The van der Waals surface area contributed by atoms with E-state index < -0.39 is 10.0 Å². The van der Waals surface area contributed by atoms with Crippen molar-refractivity contribution in [2.45, 2.75) is 24.8 Å². The quantitative estimate of drug-likeness (QED) is 0.937. The van der Waals surface area contributed by atoms with Gasteiger partial charge >= 0.3 is 0 Å². The number of nitrogens with zero attached hydrogens (tertiary/aromatic N) is 1. The number of hydrogen-bond acceptors (Lipinski definition) is 4. The Morgan fingerprint density at radius 2 is 2.10 bits per heavy atom. The molecule has 0 bridgehead atoms. The van der Waals surface area contributed by atoms with Gasteiger partial charge in [-0.3, -0.25) is 4.31 Å². The van der Waals surface area contributed by atoms with Gasteiger partial charge in [0, 0.05) is 12.6 Å². The van der Waals surface area contributed by atoms with Crippen LogP contribution in [0.15, 0.2) is 39.6 Å².